The zero-order valence-corrected chi connectivity index (χ0v) is 14.0. The highest BCUT2D eigenvalue weighted by atomic mass is 32.2. The molecule has 1 amide bonds. The number of hydrazine groups is 1. The van der Waals surface area contributed by atoms with Gasteiger partial charge < -0.3 is 5.32 Å². The van der Waals surface area contributed by atoms with Crippen LogP contribution in [0.1, 0.15) is 5.56 Å². The van der Waals surface area contributed by atoms with Gasteiger partial charge in [-0.05, 0) is 30.0 Å². The third-order valence-corrected chi connectivity index (χ3v) is 6.41. The second-order valence-corrected chi connectivity index (χ2v) is 7.59. The maximum absolute atomic E-state index is 12.8. The van der Waals surface area contributed by atoms with E-state index in [9.17, 15) is 4.79 Å². The first-order chi connectivity index (χ1) is 11.8. The maximum Gasteiger partial charge on any atom is 0.267 e. The largest absolute Gasteiger partial charge is 0.322 e. The van der Waals surface area contributed by atoms with Gasteiger partial charge in [-0.2, -0.15) is 0 Å². The van der Waals surface area contributed by atoms with Crippen LogP contribution >= 0.6 is 23.5 Å². The molecule has 0 aromatic heterocycles. The molecular formula is C17H12N4OS2. The van der Waals surface area contributed by atoms with Crippen LogP contribution in [0.5, 0.6) is 0 Å². The standard InChI is InChI=1S/C17H12N4OS2/c22-15-17(12-8-4-5-9-13(12)19-15)21-14(10-23-17)24-16(20-21)18-11-6-2-1-3-7-11/h1-10H,(H,18,20)(H,19,22). The minimum absolute atomic E-state index is 0.0333. The number of carbonyl (C=O) groups is 1. The first kappa shape index (κ1) is 14.0. The minimum Gasteiger partial charge on any atom is -0.322 e. The zero-order valence-electron chi connectivity index (χ0n) is 12.4. The predicted molar refractivity (Wildman–Crippen MR) is 98.5 cm³/mol. The molecule has 7 heteroatoms. The molecule has 1 spiro atoms. The van der Waals surface area contributed by atoms with Crippen molar-refractivity contribution in [1.29, 1.82) is 0 Å². The Morgan fingerprint density at radius 3 is 2.71 bits per heavy atom. The molecule has 2 N–H and O–H groups in total. The van der Waals surface area contributed by atoms with Gasteiger partial charge in [0, 0.05) is 16.7 Å². The fourth-order valence-electron chi connectivity index (χ4n) is 3.04. The van der Waals surface area contributed by atoms with Gasteiger partial charge in [0.25, 0.3) is 5.91 Å². The summed E-state index contributed by atoms with van der Waals surface area (Å²) in [6, 6.07) is 17.6. The van der Waals surface area contributed by atoms with Crippen molar-refractivity contribution in [2.45, 2.75) is 4.87 Å². The number of benzene rings is 2. The number of hydrogen-bond donors (Lipinski definition) is 2. The third-order valence-electron chi connectivity index (χ3n) is 4.11. The lowest BCUT2D eigenvalue weighted by molar-refractivity contribution is -0.121. The number of fused-ring (bicyclic) bond motifs is 4. The van der Waals surface area contributed by atoms with Crippen LogP contribution in [-0.4, -0.2) is 16.1 Å². The van der Waals surface area contributed by atoms with Gasteiger partial charge in [0.1, 0.15) is 5.03 Å². The summed E-state index contributed by atoms with van der Waals surface area (Å²) in [4.78, 5) is 16.6. The topological polar surface area (TPSA) is 56.7 Å². The molecule has 2 aromatic rings. The Hall–Kier alpha value is -2.38. The van der Waals surface area contributed by atoms with E-state index in [0.29, 0.717) is 0 Å². The van der Waals surface area contributed by atoms with Gasteiger partial charge in [-0.15, -0.1) is 0 Å². The summed E-state index contributed by atoms with van der Waals surface area (Å²) in [7, 11) is 0. The predicted octanol–water partition coefficient (Wildman–Crippen LogP) is 3.58. The second-order valence-electron chi connectivity index (χ2n) is 5.52. The summed E-state index contributed by atoms with van der Waals surface area (Å²) in [5.74, 6) is -0.0333. The van der Waals surface area contributed by atoms with E-state index in [1.807, 2.05) is 65.0 Å². The van der Waals surface area contributed by atoms with Crippen LogP contribution in [0.25, 0.3) is 0 Å². The van der Waals surface area contributed by atoms with Crippen LogP contribution in [0.2, 0.25) is 0 Å². The fourth-order valence-corrected chi connectivity index (χ4v) is 5.28. The number of rotatable bonds is 1. The number of nitrogens with zero attached hydrogens (tertiary/aromatic N) is 2. The molecule has 24 heavy (non-hydrogen) atoms. The molecule has 3 heterocycles. The van der Waals surface area contributed by atoms with E-state index < -0.39 is 4.87 Å². The Bertz CT molecular complexity index is 912. The van der Waals surface area contributed by atoms with Crippen molar-refractivity contribution >= 4 is 46.0 Å². The molecule has 0 aliphatic carbocycles. The van der Waals surface area contributed by atoms with Crippen LogP contribution in [-0.2, 0) is 9.67 Å². The number of anilines is 1. The number of hydrogen-bond acceptors (Lipinski definition) is 5. The molecular weight excluding hydrogens is 340 g/mol. The molecule has 1 unspecified atom stereocenters. The van der Waals surface area contributed by atoms with Crippen molar-refractivity contribution in [3.63, 3.8) is 0 Å². The van der Waals surface area contributed by atoms with Crippen molar-refractivity contribution in [2.75, 3.05) is 5.32 Å². The van der Waals surface area contributed by atoms with Crippen LogP contribution < -0.4 is 10.7 Å². The smallest absolute Gasteiger partial charge is 0.267 e. The number of amidine groups is 1. The summed E-state index contributed by atoms with van der Waals surface area (Å²) >= 11 is 3.06. The van der Waals surface area contributed by atoms with Gasteiger partial charge in [-0.3, -0.25) is 10.2 Å². The lowest BCUT2D eigenvalue weighted by atomic mass is 10.1. The normalized spacial score (nSPS) is 25.5. The van der Waals surface area contributed by atoms with Gasteiger partial charge in [0.15, 0.2) is 5.17 Å². The molecule has 2 aromatic carbocycles. The van der Waals surface area contributed by atoms with Crippen molar-refractivity contribution in [2.24, 2.45) is 4.99 Å². The fraction of sp³-hybridized carbons (Fsp3) is 0.0588. The Morgan fingerprint density at radius 2 is 1.83 bits per heavy atom. The quantitative estimate of drug-likeness (QED) is 0.822. The summed E-state index contributed by atoms with van der Waals surface area (Å²) in [5, 5.41) is 8.68. The Balaban J connectivity index is 1.54. The Labute approximate surface area is 147 Å². The average molecular weight is 352 g/mol. The summed E-state index contributed by atoms with van der Waals surface area (Å²) in [5.41, 5.74) is 6.02. The number of thioether (sulfide) groups is 2. The first-order valence-corrected chi connectivity index (χ1v) is 9.14. The van der Waals surface area contributed by atoms with Gasteiger partial charge >= 0.3 is 0 Å². The van der Waals surface area contributed by atoms with Crippen molar-refractivity contribution in [1.82, 2.24) is 10.4 Å². The molecule has 3 aliphatic rings. The SMILES string of the molecule is O=C1Nc2ccccc2C12SC=C1SC(=Nc3ccccc3)NN12. The van der Waals surface area contributed by atoms with Crippen LogP contribution in [0.3, 0.4) is 0 Å². The molecule has 5 rings (SSSR count). The highest BCUT2D eigenvalue weighted by Gasteiger charge is 2.58. The first-order valence-electron chi connectivity index (χ1n) is 7.45. The Kier molecular flexibility index (Phi) is 2.95. The van der Waals surface area contributed by atoms with Gasteiger partial charge in [-0.1, -0.05) is 48.2 Å². The highest BCUT2D eigenvalue weighted by molar-refractivity contribution is 8.18. The highest BCUT2D eigenvalue weighted by Crippen LogP contribution is 2.57. The lowest BCUT2D eigenvalue weighted by Gasteiger charge is -2.31. The van der Waals surface area contributed by atoms with E-state index in [0.717, 1.165) is 27.1 Å². The second kappa shape index (κ2) is 5.06. The van der Waals surface area contributed by atoms with E-state index >= 15 is 0 Å². The van der Waals surface area contributed by atoms with Crippen molar-refractivity contribution < 1.29 is 4.79 Å². The van der Waals surface area contributed by atoms with E-state index in [2.05, 4.69) is 15.7 Å². The van der Waals surface area contributed by atoms with Gasteiger partial charge in [0.2, 0.25) is 4.87 Å². The number of para-hydroxylation sites is 2. The van der Waals surface area contributed by atoms with Crippen molar-refractivity contribution in [3.8, 4) is 0 Å². The molecule has 118 valence electrons. The molecule has 1 saturated heterocycles. The van der Waals surface area contributed by atoms with E-state index in [1.165, 1.54) is 23.5 Å². The minimum atomic E-state index is -0.799. The van der Waals surface area contributed by atoms with E-state index in [-0.39, 0.29) is 5.91 Å². The monoisotopic (exact) mass is 352 g/mol. The molecule has 1 fully saturated rings. The van der Waals surface area contributed by atoms with Crippen LogP contribution in [0.4, 0.5) is 11.4 Å². The number of carbonyl (C=O) groups excluding carboxylic acids is 1. The zero-order chi connectivity index (χ0) is 16.1. The number of amides is 1. The van der Waals surface area contributed by atoms with Crippen molar-refractivity contribution in [3.05, 3.63) is 70.6 Å². The average Bonchev–Trinajstić information content (AvgIpc) is 3.23. The molecule has 1 atom stereocenters. The molecule has 0 bridgehead atoms. The van der Waals surface area contributed by atoms with Gasteiger partial charge in [0.05, 0.1) is 5.69 Å². The Morgan fingerprint density at radius 1 is 1.04 bits per heavy atom. The maximum atomic E-state index is 12.8. The number of nitrogens with one attached hydrogen (secondary N) is 2. The summed E-state index contributed by atoms with van der Waals surface area (Å²) in [6.45, 7) is 0. The number of aliphatic imine (C=N–C) groups is 1. The molecule has 5 nitrogen and oxygen atoms in total. The molecule has 0 radical (unpaired) electrons. The lowest BCUT2D eigenvalue weighted by Crippen LogP contribution is -2.49. The summed E-state index contributed by atoms with van der Waals surface area (Å²) < 4.78 is 0. The third kappa shape index (κ3) is 1.85. The van der Waals surface area contributed by atoms with Crippen LogP contribution in [0, 0.1) is 0 Å². The molecule has 3 aliphatic heterocycles. The van der Waals surface area contributed by atoms with E-state index in [4.69, 9.17) is 0 Å². The van der Waals surface area contributed by atoms with Crippen LogP contribution in [0.15, 0.2) is 70.0 Å². The van der Waals surface area contributed by atoms with E-state index in [1.54, 1.807) is 0 Å². The summed E-state index contributed by atoms with van der Waals surface area (Å²) in [6.07, 6.45) is 0. The van der Waals surface area contributed by atoms with Gasteiger partial charge in [-0.25, -0.2) is 10.0 Å². The molecule has 0 saturated carbocycles.